The third-order valence-corrected chi connectivity index (χ3v) is 5.17. The zero-order chi connectivity index (χ0) is 20.7. The number of carbonyl (C=O) groups is 2. The van der Waals surface area contributed by atoms with Gasteiger partial charge in [-0.05, 0) is 32.1 Å². The first-order valence-corrected chi connectivity index (χ1v) is 9.09. The van der Waals surface area contributed by atoms with Gasteiger partial charge in [-0.2, -0.15) is 0 Å². The van der Waals surface area contributed by atoms with Crippen LogP contribution in [0.1, 0.15) is 26.3 Å². The lowest BCUT2D eigenvalue weighted by atomic mass is 9.79. The Balaban J connectivity index is 2.10. The number of rotatable bonds is 6. The van der Waals surface area contributed by atoms with Crippen LogP contribution in [0.25, 0.3) is 11.1 Å². The number of hydrogen-bond donors (Lipinski definition) is 1. The molecule has 4 rings (SSSR count). The lowest BCUT2D eigenvalue weighted by molar-refractivity contribution is 0.0814. The molecule has 0 radical (unpaired) electrons. The van der Waals surface area contributed by atoms with Gasteiger partial charge in [-0.15, -0.1) is 0 Å². The highest BCUT2D eigenvalue weighted by atomic mass is 16.7. The monoisotopic (exact) mass is 399 g/mol. The second-order valence-electron chi connectivity index (χ2n) is 6.59. The molecular weight excluding hydrogens is 378 g/mol. The van der Waals surface area contributed by atoms with Crippen LogP contribution in [-0.2, 0) is 6.42 Å². The molecule has 2 aliphatic rings. The Morgan fingerprint density at radius 1 is 0.897 bits per heavy atom. The maximum Gasteiger partial charge on any atom is 0.234 e. The van der Waals surface area contributed by atoms with E-state index < -0.39 is 11.6 Å². The molecule has 0 bridgehead atoms. The van der Waals surface area contributed by atoms with Gasteiger partial charge in [0.05, 0.1) is 21.3 Å². The number of likely N-dealkylation sites (N-methyl/N-ethyl adjacent to an activating group) is 1. The summed E-state index contributed by atoms with van der Waals surface area (Å²) in [5.74, 6) is 0.826. The van der Waals surface area contributed by atoms with Crippen LogP contribution in [0.2, 0.25) is 0 Å². The maximum atomic E-state index is 13.2. The van der Waals surface area contributed by atoms with Crippen molar-refractivity contribution in [2.75, 3.05) is 41.7 Å². The lowest BCUT2D eigenvalue weighted by Gasteiger charge is -2.25. The highest BCUT2D eigenvalue weighted by Gasteiger charge is 2.41. The van der Waals surface area contributed by atoms with Crippen LogP contribution in [0.4, 0.5) is 0 Å². The number of fused-ring (bicyclic) bond motifs is 5. The minimum absolute atomic E-state index is 0.00161. The molecule has 0 saturated carbocycles. The number of hydrogen-bond acceptors (Lipinski definition) is 8. The van der Waals surface area contributed by atoms with Crippen molar-refractivity contribution in [1.82, 2.24) is 5.32 Å². The minimum atomic E-state index is -0.611. The van der Waals surface area contributed by atoms with E-state index in [4.69, 9.17) is 23.7 Å². The van der Waals surface area contributed by atoms with Crippen molar-refractivity contribution in [2.45, 2.75) is 6.42 Å². The van der Waals surface area contributed by atoms with E-state index in [1.807, 2.05) is 7.05 Å². The first kappa shape index (κ1) is 19.1. The Hall–Kier alpha value is -3.26. The normalized spacial score (nSPS) is 13.8. The quantitative estimate of drug-likeness (QED) is 0.740. The second-order valence-corrected chi connectivity index (χ2v) is 6.59. The van der Waals surface area contributed by atoms with Gasteiger partial charge in [0.15, 0.2) is 23.0 Å². The molecule has 0 amide bonds. The third-order valence-electron chi connectivity index (χ3n) is 5.17. The molecule has 2 aromatic rings. The molecular formula is C21H21NO7. The molecule has 0 unspecified atom stereocenters. The summed E-state index contributed by atoms with van der Waals surface area (Å²) in [6, 6.07) is 3.21. The summed E-state index contributed by atoms with van der Waals surface area (Å²) in [5.41, 5.74) is 2.19. The molecule has 29 heavy (non-hydrogen) atoms. The van der Waals surface area contributed by atoms with Gasteiger partial charge in [-0.1, -0.05) is 0 Å². The molecule has 0 fully saturated rings. The van der Waals surface area contributed by atoms with Gasteiger partial charge in [-0.3, -0.25) is 9.59 Å². The van der Waals surface area contributed by atoms with E-state index in [1.165, 1.54) is 27.4 Å². The molecule has 2 aromatic carbocycles. The van der Waals surface area contributed by atoms with E-state index in [9.17, 15) is 9.59 Å². The molecule has 0 atom stereocenters. The smallest absolute Gasteiger partial charge is 0.234 e. The maximum absolute atomic E-state index is 13.2. The summed E-state index contributed by atoms with van der Waals surface area (Å²) in [6.45, 7) is 0.584. The predicted octanol–water partition coefficient (Wildman–Crippen LogP) is 2.25. The highest BCUT2D eigenvalue weighted by Crippen LogP contribution is 2.55. The molecule has 1 N–H and O–H groups in total. The van der Waals surface area contributed by atoms with Crippen molar-refractivity contribution >= 4 is 11.6 Å². The summed E-state index contributed by atoms with van der Waals surface area (Å²) < 4.78 is 27.7. The zero-order valence-corrected chi connectivity index (χ0v) is 16.6. The lowest BCUT2D eigenvalue weighted by Crippen LogP contribution is -2.25. The number of ketones is 2. The van der Waals surface area contributed by atoms with Crippen LogP contribution >= 0.6 is 0 Å². The number of benzene rings is 2. The fourth-order valence-corrected chi connectivity index (χ4v) is 3.87. The molecule has 8 nitrogen and oxygen atoms in total. The number of nitrogens with one attached hydrogen (secondary N) is 1. The van der Waals surface area contributed by atoms with Crippen LogP contribution in [-0.4, -0.2) is 53.3 Å². The van der Waals surface area contributed by atoms with Crippen molar-refractivity contribution < 1.29 is 33.3 Å². The van der Waals surface area contributed by atoms with E-state index in [0.717, 1.165) is 0 Å². The van der Waals surface area contributed by atoms with Gasteiger partial charge in [0.1, 0.15) is 0 Å². The molecule has 0 aromatic heterocycles. The molecule has 8 heteroatoms. The summed E-state index contributed by atoms with van der Waals surface area (Å²) in [7, 11) is 6.30. The summed E-state index contributed by atoms with van der Waals surface area (Å²) in [6.07, 6.45) is 0.473. The number of carbonyl (C=O) groups excluding carboxylic acids is 2. The average molecular weight is 399 g/mol. The third kappa shape index (κ3) is 2.71. The average Bonchev–Trinajstić information content (AvgIpc) is 3.23. The summed E-state index contributed by atoms with van der Waals surface area (Å²) in [4.78, 5) is 26.2. The Bertz CT molecular complexity index is 1030. The molecule has 152 valence electrons. The topological polar surface area (TPSA) is 92.3 Å². The van der Waals surface area contributed by atoms with Crippen molar-refractivity contribution in [3.8, 4) is 39.9 Å². The van der Waals surface area contributed by atoms with Gasteiger partial charge in [-0.25, -0.2) is 0 Å². The van der Waals surface area contributed by atoms with E-state index in [-0.39, 0.29) is 17.9 Å². The first-order valence-electron chi connectivity index (χ1n) is 9.09. The van der Waals surface area contributed by atoms with E-state index >= 15 is 0 Å². The minimum Gasteiger partial charge on any atom is -0.493 e. The summed E-state index contributed by atoms with van der Waals surface area (Å²) >= 11 is 0. The van der Waals surface area contributed by atoms with Gasteiger partial charge >= 0.3 is 0 Å². The van der Waals surface area contributed by atoms with Crippen molar-refractivity contribution in [2.24, 2.45) is 0 Å². The Morgan fingerprint density at radius 3 is 2.17 bits per heavy atom. The molecule has 0 spiro atoms. The van der Waals surface area contributed by atoms with E-state index in [2.05, 4.69) is 5.32 Å². The van der Waals surface area contributed by atoms with Gasteiger partial charge in [0, 0.05) is 27.8 Å². The SMILES string of the molecule is CNCCc1c(OC)c2c(c3c1C(=O)C(=O)c1cc(OC)c(OC)cc1-3)OCO2. The molecule has 1 aliphatic heterocycles. The van der Waals surface area contributed by atoms with Gasteiger partial charge in [0.25, 0.3) is 0 Å². The van der Waals surface area contributed by atoms with Crippen LogP contribution in [0.5, 0.6) is 28.7 Å². The van der Waals surface area contributed by atoms with E-state index in [0.29, 0.717) is 58.4 Å². The second kappa shape index (κ2) is 7.29. The van der Waals surface area contributed by atoms with Gasteiger partial charge < -0.3 is 29.0 Å². The molecule has 1 aliphatic carbocycles. The summed E-state index contributed by atoms with van der Waals surface area (Å²) in [5, 5.41) is 3.06. The Morgan fingerprint density at radius 2 is 1.55 bits per heavy atom. The number of methoxy groups -OCH3 is 3. The van der Waals surface area contributed by atoms with Crippen LogP contribution < -0.4 is 29.0 Å². The Kier molecular flexibility index (Phi) is 4.79. The zero-order valence-electron chi connectivity index (χ0n) is 16.6. The van der Waals surface area contributed by atoms with Crippen LogP contribution in [0.3, 0.4) is 0 Å². The Labute approximate surface area is 167 Å². The predicted molar refractivity (Wildman–Crippen MR) is 104 cm³/mol. The van der Waals surface area contributed by atoms with Crippen molar-refractivity contribution in [1.29, 1.82) is 0 Å². The fraction of sp³-hybridized carbons (Fsp3) is 0.333. The number of Topliss-reactive ketones (excluding diaryl/α,β-unsaturated/α-hetero) is 2. The number of ether oxygens (including phenoxy) is 5. The van der Waals surface area contributed by atoms with Crippen LogP contribution in [0.15, 0.2) is 12.1 Å². The van der Waals surface area contributed by atoms with Gasteiger partial charge in [0.2, 0.25) is 24.1 Å². The molecule has 0 saturated heterocycles. The van der Waals surface area contributed by atoms with Crippen molar-refractivity contribution in [3.63, 3.8) is 0 Å². The van der Waals surface area contributed by atoms with E-state index in [1.54, 1.807) is 6.07 Å². The first-order chi connectivity index (χ1) is 14.1. The fourth-order valence-electron chi connectivity index (χ4n) is 3.87. The van der Waals surface area contributed by atoms with Crippen molar-refractivity contribution in [3.05, 3.63) is 28.8 Å². The molecule has 1 heterocycles. The highest BCUT2D eigenvalue weighted by molar-refractivity contribution is 6.53. The van der Waals surface area contributed by atoms with Crippen LogP contribution in [0, 0.1) is 0 Å². The standard InChI is InChI=1S/C21H21NO7/c1-22-6-5-10-15-16(20-21(19(10)27-4)29-9-28-20)11-7-13(25-2)14(26-3)8-12(11)17(23)18(15)24/h7-8,22H,5-6,9H2,1-4H3. The largest absolute Gasteiger partial charge is 0.493 e.